The maximum atomic E-state index is 5.64. The van der Waals surface area contributed by atoms with Gasteiger partial charge in [-0.3, -0.25) is 0 Å². The Balaban J connectivity index is 2.77. The third kappa shape index (κ3) is 4.75. The minimum atomic E-state index is 0.215. The molecule has 0 radical (unpaired) electrons. The van der Waals surface area contributed by atoms with E-state index in [2.05, 4.69) is 45.1 Å². The van der Waals surface area contributed by atoms with E-state index in [1.54, 1.807) is 7.11 Å². The molecule has 1 aromatic carbocycles. The van der Waals surface area contributed by atoms with Crippen molar-refractivity contribution >= 4 is 5.69 Å². The van der Waals surface area contributed by atoms with Crippen LogP contribution in [0.1, 0.15) is 45.6 Å². The second-order valence-corrected chi connectivity index (χ2v) is 6.17. The van der Waals surface area contributed by atoms with Gasteiger partial charge in [0.1, 0.15) is 5.75 Å². The quantitative estimate of drug-likeness (QED) is 0.791. The summed E-state index contributed by atoms with van der Waals surface area (Å²) < 4.78 is 5.40. The normalized spacial score (nSPS) is 11.7. The summed E-state index contributed by atoms with van der Waals surface area (Å²) in [6.07, 6.45) is 1.02. The third-order valence-electron chi connectivity index (χ3n) is 3.44. The minimum Gasteiger partial charge on any atom is -0.496 e. The molecule has 0 saturated carbocycles. The highest BCUT2D eigenvalue weighted by Gasteiger charge is 2.16. The first-order chi connectivity index (χ1) is 8.89. The zero-order valence-corrected chi connectivity index (χ0v) is 12.9. The Hall–Kier alpha value is -1.22. The van der Waals surface area contributed by atoms with Gasteiger partial charge in [-0.15, -0.1) is 0 Å². The molecule has 108 valence electrons. The summed E-state index contributed by atoms with van der Waals surface area (Å²) in [4.78, 5) is 0. The van der Waals surface area contributed by atoms with Crippen LogP contribution >= 0.6 is 0 Å². The van der Waals surface area contributed by atoms with Crippen molar-refractivity contribution in [1.82, 2.24) is 0 Å². The number of nitrogens with one attached hydrogen (secondary N) is 1. The molecule has 1 rings (SSSR count). The molecule has 0 aliphatic carbocycles. The van der Waals surface area contributed by atoms with Crippen LogP contribution < -0.4 is 15.8 Å². The Morgan fingerprint density at radius 1 is 1.32 bits per heavy atom. The molecule has 3 heteroatoms. The van der Waals surface area contributed by atoms with Crippen molar-refractivity contribution in [3.8, 4) is 5.75 Å². The van der Waals surface area contributed by atoms with Crippen molar-refractivity contribution in [3.63, 3.8) is 0 Å². The van der Waals surface area contributed by atoms with Crippen molar-refractivity contribution in [3.05, 3.63) is 23.8 Å². The SMILES string of the molecule is COc1ccc(NCC(C)(C)CCN)cc1C(C)C. The number of nitrogens with two attached hydrogens (primary N) is 1. The van der Waals surface area contributed by atoms with Gasteiger partial charge < -0.3 is 15.8 Å². The maximum Gasteiger partial charge on any atom is 0.122 e. The van der Waals surface area contributed by atoms with Gasteiger partial charge in [-0.25, -0.2) is 0 Å². The van der Waals surface area contributed by atoms with Crippen molar-refractivity contribution in [2.24, 2.45) is 11.1 Å². The van der Waals surface area contributed by atoms with Gasteiger partial charge in [-0.2, -0.15) is 0 Å². The van der Waals surface area contributed by atoms with Gasteiger partial charge in [-0.05, 0) is 48.1 Å². The summed E-state index contributed by atoms with van der Waals surface area (Å²) in [7, 11) is 1.72. The number of methoxy groups -OCH3 is 1. The van der Waals surface area contributed by atoms with Crippen molar-refractivity contribution in [2.75, 3.05) is 25.5 Å². The van der Waals surface area contributed by atoms with E-state index in [-0.39, 0.29) is 5.41 Å². The van der Waals surface area contributed by atoms with Crippen LogP contribution in [0.2, 0.25) is 0 Å². The summed E-state index contributed by atoms with van der Waals surface area (Å²) in [5, 5.41) is 3.51. The molecule has 0 heterocycles. The van der Waals surface area contributed by atoms with Crippen molar-refractivity contribution in [1.29, 1.82) is 0 Å². The standard InChI is InChI=1S/C16H28N2O/c1-12(2)14-10-13(6-7-15(14)19-5)18-11-16(3,4)8-9-17/h6-7,10,12,18H,8-9,11,17H2,1-5H3. The molecule has 0 amide bonds. The largest absolute Gasteiger partial charge is 0.496 e. The molecule has 0 spiro atoms. The first kappa shape index (κ1) is 15.8. The highest BCUT2D eigenvalue weighted by molar-refractivity contribution is 5.52. The van der Waals surface area contributed by atoms with E-state index in [1.165, 1.54) is 5.56 Å². The zero-order chi connectivity index (χ0) is 14.5. The lowest BCUT2D eigenvalue weighted by Crippen LogP contribution is -2.26. The van der Waals surface area contributed by atoms with Gasteiger partial charge in [0, 0.05) is 12.2 Å². The lowest BCUT2D eigenvalue weighted by molar-refractivity contribution is 0.365. The number of anilines is 1. The summed E-state index contributed by atoms with van der Waals surface area (Å²) in [5.41, 5.74) is 8.24. The molecule has 0 aromatic heterocycles. The minimum absolute atomic E-state index is 0.215. The molecular weight excluding hydrogens is 236 g/mol. The van der Waals surface area contributed by atoms with Gasteiger partial charge in [0.15, 0.2) is 0 Å². The Kier molecular flexibility index (Phi) is 5.67. The van der Waals surface area contributed by atoms with E-state index < -0.39 is 0 Å². The number of hydrogen-bond donors (Lipinski definition) is 2. The van der Waals surface area contributed by atoms with E-state index in [0.29, 0.717) is 5.92 Å². The number of rotatable bonds is 7. The number of hydrogen-bond acceptors (Lipinski definition) is 3. The van der Waals surface area contributed by atoms with E-state index in [9.17, 15) is 0 Å². The van der Waals surface area contributed by atoms with Crippen LogP contribution in [-0.4, -0.2) is 20.2 Å². The lowest BCUT2D eigenvalue weighted by Gasteiger charge is -2.25. The zero-order valence-electron chi connectivity index (χ0n) is 12.9. The average molecular weight is 264 g/mol. The fourth-order valence-corrected chi connectivity index (χ4v) is 2.12. The van der Waals surface area contributed by atoms with Gasteiger partial charge >= 0.3 is 0 Å². The van der Waals surface area contributed by atoms with Crippen molar-refractivity contribution < 1.29 is 4.74 Å². The van der Waals surface area contributed by atoms with Crippen LogP contribution in [0.15, 0.2) is 18.2 Å². The third-order valence-corrected chi connectivity index (χ3v) is 3.44. The van der Waals surface area contributed by atoms with E-state index >= 15 is 0 Å². The summed E-state index contributed by atoms with van der Waals surface area (Å²) >= 11 is 0. The van der Waals surface area contributed by atoms with Gasteiger partial charge in [0.05, 0.1) is 7.11 Å². The van der Waals surface area contributed by atoms with E-state index in [1.807, 2.05) is 6.07 Å². The maximum absolute atomic E-state index is 5.64. The average Bonchev–Trinajstić information content (AvgIpc) is 2.36. The molecule has 0 fully saturated rings. The molecule has 0 unspecified atom stereocenters. The lowest BCUT2D eigenvalue weighted by atomic mass is 9.89. The van der Waals surface area contributed by atoms with E-state index in [4.69, 9.17) is 10.5 Å². The highest BCUT2D eigenvalue weighted by atomic mass is 16.5. The first-order valence-corrected chi connectivity index (χ1v) is 7.01. The van der Waals surface area contributed by atoms with E-state index in [0.717, 1.165) is 30.9 Å². The Morgan fingerprint density at radius 3 is 2.53 bits per heavy atom. The fraction of sp³-hybridized carbons (Fsp3) is 0.625. The molecule has 3 nitrogen and oxygen atoms in total. The summed E-state index contributed by atoms with van der Waals surface area (Å²) in [6, 6.07) is 6.29. The van der Waals surface area contributed by atoms with Crippen LogP contribution in [0.4, 0.5) is 5.69 Å². The number of ether oxygens (including phenoxy) is 1. The van der Waals surface area contributed by atoms with Gasteiger partial charge in [0.25, 0.3) is 0 Å². The molecule has 0 saturated heterocycles. The van der Waals surface area contributed by atoms with Crippen LogP contribution in [0, 0.1) is 5.41 Å². The smallest absolute Gasteiger partial charge is 0.122 e. The monoisotopic (exact) mass is 264 g/mol. The Bertz CT molecular complexity index is 400. The topological polar surface area (TPSA) is 47.3 Å². The Morgan fingerprint density at radius 2 is 2.00 bits per heavy atom. The predicted molar refractivity (Wildman–Crippen MR) is 83.0 cm³/mol. The van der Waals surface area contributed by atoms with Crippen LogP contribution in [-0.2, 0) is 0 Å². The molecular formula is C16H28N2O. The highest BCUT2D eigenvalue weighted by Crippen LogP contribution is 2.30. The molecule has 3 N–H and O–H groups in total. The number of benzene rings is 1. The first-order valence-electron chi connectivity index (χ1n) is 7.01. The molecule has 19 heavy (non-hydrogen) atoms. The summed E-state index contributed by atoms with van der Waals surface area (Å²) in [5.74, 6) is 1.41. The van der Waals surface area contributed by atoms with Gasteiger partial charge in [-0.1, -0.05) is 27.7 Å². The molecule has 0 bridgehead atoms. The molecule has 0 aliphatic heterocycles. The van der Waals surface area contributed by atoms with Crippen LogP contribution in [0.25, 0.3) is 0 Å². The van der Waals surface area contributed by atoms with Crippen molar-refractivity contribution in [2.45, 2.75) is 40.0 Å². The summed E-state index contributed by atoms with van der Waals surface area (Å²) in [6.45, 7) is 10.5. The molecule has 1 aromatic rings. The van der Waals surface area contributed by atoms with Crippen LogP contribution in [0.5, 0.6) is 5.75 Å². The predicted octanol–water partition coefficient (Wildman–Crippen LogP) is 3.61. The molecule has 0 aliphatic rings. The fourth-order valence-electron chi connectivity index (χ4n) is 2.12. The van der Waals surface area contributed by atoms with Crippen LogP contribution in [0.3, 0.4) is 0 Å². The Labute approximate surface area is 117 Å². The van der Waals surface area contributed by atoms with Gasteiger partial charge in [0.2, 0.25) is 0 Å². The second-order valence-electron chi connectivity index (χ2n) is 6.17. The molecule has 0 atom stereocenters. The second kappa shape index (κ2) is 6.80.